The van der Waals surface area contributed by atoms with Crippen LogP contribution in [0.2, 0.25) is 5.02 Å². The maximum Gasteiger partial charge on any atom is 0.416 e. The lowest BCUT2D eigenvalue weighted by Gasteiger charge is -2.18. The highest BCUT2D eigenvalue weighted by Crippen LogP contribution is 2.44. The smallest absolute Gasteiger partial charge is 0.324 e. The van der Waals surface area contributed by atoms with Crippen LogP contribution in [0.15, 0.2) is 18.2 Å². The van der Waals surface area contributed by atoms with Crippen LogP contribution in [0.3, 0.4) is 0 Å². The van der Waals surface area contributed by atoms with Gasteiger partial charge in [-0.25, -0.2) is 0 Å². The standard InChI is InChI=1S/C11H11ClF3N/c12-7-3-4-9(11(13,14)15)8(5-7)10(16)6-1-2-6/h3-6,10H,1-2,16H2. The second-order valence-corrected chi connectivity index (χ2v) is 4.53. The van der Waals surface area contributed by atoms with Gasteiger partial charge in [0.2, 0.25) is 0 Å². The normalized spacial score (nSPS) is 18.6. The molecule has 1 fully saturated rings. The first-order valence-electron chi connectivity index (χ1n) is 5.02. The molecule has 2 N–H and O–H groups in total. The molecule has 1 aliphatic rings. The Bertz CT molecular complexity index is 399. The lowest BCUT2D eigenvalue weighted by atomic mass is 9.97. The lowest BCUT2D eigenvalue weighted by molar-refractivity contribution is -0.138. The summed E-state index contributed by atoms with van der Waals surface area (Å²) < 4.78 is 38.2. The van der Waals surface area contributed by atoms with Gasteiger partial charge >= 0.3 is 6.18 Å². The zero-order valence-corrected chi connectivity index (χ0v) is 9.15. The monoisotopic (exact) mass is 249 g/mol. The van der Waals surface area contributed by atoms with Crippen LogP contribution >= 0.6 is 11.6 Å². The molecule has 1 unspecified atom stereocenters. The summed E-state index contributed by atoms with van der Waals surface area (Å²) in [5, 5.41) is 0.291. The van der Waals surface area contributed by atoms with Crippen molar-refractivity contribution < 1.29 is 13.2 Å². The molecule has 1 aromatic carbocycles. The van der Waals surface area contributed by atoms with Gasteiger partial charge in [-0.15, -0.1) is 0 Å². The van der Waals surface area contributed by atoms with Gasteiger partial charge in [-0.2, -0.15) is 13.2 Å². The van der Waals surface area contributed by atoms with E-state index in [0.717, 1.165) is 18.9 Å². The molecule has 0 bridgehead atoms. The van der Waals surface area contributed by atoms with Crippen molar-refractivity contribution in [3.05, 3.63) is 34.3 Å². The Morgan fingerprint density at radius 1 is 1.31 bits per heavy atom. The number of hydrogen-bond acceptors (Lipinski definition) is 1. The molecule has 1 saturated carbocycles. The van der Waals surface area contributed by atoms with Crippen LogP contribution in [0.1, 0.15) is 30.0 Å². The van der Waals surface area contributed by atoms with E-state index >= 15 is 0 Å². The third-order valence-corrected chi connectivity index (χ3v) is 3.04. The van der Waals surface area contributed by atoms with Crippen LogP contribution in [0.5, 0.6) is 0 Å². The Hall–Kier alpha value is -0.740. The largest absolute Gasteiger partial charge is 0.416 e. The fraction of sp³-hybridized carbons (Fsp3) is 0.455. The average molecular weight is 250 g/mol. The molecule has 0 amide bonds. The predicted molar refractivity (Wildman–Crippen MR) is 56.1 cm³/mol. The first-order chi connectivity index (χ1) is 7.39. The van der Waals surface area contributed by atoms with Gasteiger partial charge < -0.3 is 5.73 Å². The van der Waals surface area contributed by atoms with E-state index in [-0.39, 0.29) is 11.5 Å². The first-order valence-corrected chi connectivity index (χ1v) is 5.39. The molecule has 1 aromatic rings. The van der Waals surface area contributed by atoms with Crippen LogP contribution < -0.4 is 5.73 Å². The van der Waals surface area contributed by atoms with Crippen LogP contribution in [0.4, 0.5) is 13.2 Å². The number of halogens is 4. The minimum Gasteiger partial charge on any atom is -0.324 e. The number of hydrogen-bond donors (Lipinski definition) is 1. The molecule has 0 radical (unpaired) electrons. The van der Waals surface area contributed by atoms with E-state index in [4.69, 9.17) is 17.3 Å². The highest BCUT2D eigenvalue weighted by atomic mass is 35.5. The van der Waals surface area contributed by atoms with E-state index in [1.165, 1.54) is 12.1 Å². The zero-order valence-electron chi connectivity index (χ0n) is 8.39. The summed E-state index contributed by atoms with van der Waals surface area (Å²) in [5.41, 5.74) is 5.25. The minimum absolute atomic E-state index is 0.113. The van der Waals surface area contributed by atoms with Crippen molar-refractivity contribution >= 4 is 11.6 Å². The number of benzene rings is 1. The highest BCUT2D eigenvalue weighted by molar-refractivity contribution is 6.30. The van der Waals surface area contributed by atoms with Gasteiger partial charge in [0.15, 0.2) is 0 Å². The van der Waals surface area contributed by atoms with Crippen LogP contribution in [-0.2, 0) is 6.18 Å². The summed E-state index contributed by atoms with van der Waals surface area (Å²) in [7, 11) is 0. The molecule has 0 saturated heterocycles. The fourth-order valence-corrected chi connectivity index (χ4v) is 1.96. The zero-order chi connectivity index (χ0) is 11.9. The third-order valence-electron chi connectivity index (χ3n) is 2.81. The Morgan fingerprint density at radius 3 is 2.44 bits per heavy atom. The molecule has 88 valence electrons. The van der Waals surface area contributed by atoms with Gasteiger partial charge in [0.1, 0.15) is 0 Å². The van der Waals surface area contributed by atoms with E-state index in [9.17, 15) is 13.2 Å². The molecule has 1 nitrogen and oxygen atoms in total. The Balaban J connectivity index is 2.43. The number of alkyl halides is 3. The van der Waals surface area contributed by atoms with E-state index in [0.29, 0.717) is 5.02 Å². The Kier molecular flexibility index (Phi) is 2.88. The van der Waals surface area contributed by atoms with E-state index in [1.807, 2.05) is 0 Å². The minimum atomic E-state index is -4.37. The molecular formula is C11H11ClF3N. The second kappa shape index (κ2) is 3.93. The molecular weight excluding hydrogens is 239 g/mol. The quantitative estimate of drug-likeness (QED) is 0.848. The van der Waals surface area contributed by atoms with E-state index < -0.39 is 17.8 Å². The van der Waals surface area contributed by atoms with Crippen molar-refractivity contribution in [1.82, 2.24) is 0 Å². The van der Waals surface area contributed by atoms with Crippen molar-refractivity contribution in [2.45, 2.75) is 25.1 Å². The summed E-state index contributed by atoms with van der Waals surface area (Å²) in [4.78, 5) is 0. The molecule has 0 spiro atoms. The number of nitrogens with two attached hydrogens (primary N) is 1. The maximum atomic E-state index is 12.7. The van der Waals surface area contributed by atoms with Crippen LogP contribution in [0, 0.1) is 5.92 Å². The van der Waals surface area contributed by atoms with Crippen molar-refractivity contribution in [3.8, 4) is 0 Å². The summed E-state index contributed by atoms with van der Waals surface area (Å²) in [5.74, 6) is 0.166. The molecule has 0 aliphatic heterocycles. The van der Waals surface area contributed by atoms with Crippen molar-refractivity contribution in [2.75, 3.05) is 0 Å². The topological polar surface area (TPSA) is 26.0 Å². The highest BCUT2D eigenvalue weighted by Gasteiger charge is 2.38. The summed E-state index contributed by atoms with van der Waals surface area (Å²) in [6.07, 6.45) is -2.58. The van der Waals surface area contributed by atoms with Gasteiger partial charge in [-0.3, -0.25) is 0 Å². The SMILES string of the molecule is NC(c1cc(Cl)ccc1C(F)(F)F)C1CC1. The Morgan fingerprint density at radius 2 is 1.94 bits per heavy atom. The van der Waals surface area contributed by atoms with E-state index in [1.54, 1.807) is 0 Å². The van der Waals surface area contributed by atoms with Crippen LogP contribution in [0.25, 0.3) is 0 Å². The average Bonchev–Trinajstić information content (AvgIpc) is 2.97. The van der Waals surface area contributed by atoms with Crippen molar-refractivity contribution in [2.24, 2.45) is 11.7 Å². The summed E-state index contributed by atoms with van der Waals surface area (Å²) >= 11 is 5.71. The van der Waals surface area contributed by atoms with Gasteiger partial charge in [-0.05, 0) is 42.5 Å². The van der Waals surface area contributed by atoms with Crippen molar-refractivity contribution in [3.63, 3.8) is 0 Å². The third kappa shape index (κ3) is 2.33. The second-order valence-electron chi connectivity index (χ2n) is 4.09. The molecule has 1 aliphatic carbocycles. The van der Waals surface area contributed by atoms with Crippen LogP contribution in [-0.4, -0.2) is 0 Å². The van der Waals surface area contributed by atoms with Gasteiger partial charge in [0.25, 0.3) is 0 Å². The molecule has 0 heterocycles. The molecule has 2 rings (SSSR count). The maximum absolute atomic E-state index is 12.7. The van der Waals surface area contributed by atoms with Gasteiger partial charge in [-0.1, -0.05) is 11.6 Å². The number of rotatable bonds is 2. The van der Waals surface area contributed by atoms with E-state index in [2.05, 4.69) is 0 Å². The molecule has 0 aromatic heterocycles. The fourth-order valence-electron chi connectivity index (χ4n) is 1.78. The summed E-state index contributed by atoms with van der Waals surface area (Å²) in [6.45, 7) is 0. The first kappa shape index (κ1) is 11.7. The molecule has 1 atom stereocenters. The predicted octanol–water partition coefficient (Wildman–Crippen LogP) is 3.77. The summed E-state index contributed by atoms with van der Waals surface area (Å²) in [6, 6.07) is 3.01. The Labute approximate surface area is 96.4 Å². The van der Waals surface area contributed by atoms with Crippen molar-refractivity contribution in [1.29, 1.82) is 0 Å². The van der Waals surface area contributed by atoms with Gasteiger partial charge in [0.05, 0.1) is 5.56 Å². The lowest BCUT2D eigenvalue weighted by Crippen LogP contribution is -2.18. The van der Waals surface area contributed by atoms with Gasteiger partial charge in [0, 0.05) is 11.1 Å². The molecule has 16 heavy (non-hydrogen) atoms. The molecule has 5 heteroatoms.